The third kappa shape index (κ3) is 2.61. The Balaban J connectivity index is 1.92. The van der Waals surface area contributed by atoms with E-state index >= 15 is 0 Å². The number of imidazole rings is 1. The molecule has 0 aliphatic carbocycles. The Hall–Kier alpha value is -2.05. The van der Waals surface area contributed by atoms with Crippen molar-refractivity contribution in [1.82, 2.24) is 19.8 Å². The van der Waals surface area contributed by atoms with Crippen molar-refractivity contribution in [2.24, 2.45) is 12.5 Å². The zero-order chi connectivity index (χ0) is 14.8. The predicted octanol–water partition coefficient (Wildman–Crippen LogP) is 0.816. The van der Waals surface area contributed by atoms with Crippen LogP contribution >= 0.6 is 0 Å². The topological polar surface area (TPSA) is 87.5 Å². The number of hydrogen-bond donors (Lipinski definition) is 2. The van der Waals surface area contributed by atoms with Gasteiger partial charge in [0, 0.05) is 32.5 Å². The number of urea groups is 1. The van der Waals surface area contributed by atoms with Crippen LogP contribution in [0.1, 0.15) is 25.6 Å². The largest absolute Gasteiger partial charge is 0.481 e. The van der Waals surface area contributed by atoms with Crippen LogP contribution in [0.4, 0.5) is 4.79 Å². The highest BCUT2D eigenvalue weighted by atomic mass is 16.4. The van der Waals surface area contributed by atoms with Crippen LogP contribution < -0.4 is 5.32 Å². The molecule has 1 aliphatic rings. The second-order valence-electron chi connectivity index (χ2n) is 5.22. The first kappa shape index (κ1) is 14.4. The van der Waals surface area contributed by atoms with Crippen molar-refractivity contribution >= 4 is 12.0 Å². The highest BCUT2D eigenvalue weighted by molar-refractivity contribution is 5.79. The van der Waals surface area contributed by atoms with Crippen molar-refractivity contribution in [1.29, 1.82) is 0 Å². The van der Waals surface area contributed by atoms with E-state index in [-0.39, 0.29) is 12.6 Å². The number of aliphatic carboxylic acids is 1. The van der Waals surface area contributed by atoms with Gasteiger partial charge in [-0.15, -0.1) is 0 Å². The number of aryl methyl sites for hydroxylation is 1. The van der Waals surface area contributed by atoms with Crippen LogP contribution in [0, 0.1) is 5.41 Å². The van der Waals surface area contributed by atoms with Crippen LogP contribution in [0.5, 0.6) is 0 Å². The van der Waals surface area contributed by atoms with Gasteiger partial charge < -0.3 is 19.9 Å². The molecule has 110 valence electrons. The van der Waals surface area contributed by atoms with Gasteiger partial charge >= 0.3 is 12.0 Å². The average molecular weight is 280 g/mol. The first-order chi connectivity index (χ1) is 9.48. The molecular formula is C13H20N4O3. The molecule has 7 nitrogen and oxygen atoms in total. The summed E-state index contributed by atoms with van der Waals surface area (Å²) in [5.41, 5.74) is -0.791. The number of amides is 2. The molecule has 0 bridgehead atoms. The minimum atomic E-state index is -0.820. The lowest BCUT2D eigenvalue weighted by atomic mass is 9.84. The van der Waals surface area contributed by atoms with Crippen molar-refractivity contribution in [3.05, 3.63) is 18.2 Å². The van der Waals surface area contributed by atoms with Gasteiger partial charge in [-0.3, -0.25) is 4.79 Å². The molecule has 2 heterocycles. The van der Waals surface area contributed by atoms with E-state index in [0.717, 1.165) is 5.82 Å². The minimum Gasteiger partial charge on any atom is -0.481 e. The van der Waals surface area contributed by atoms with Crippen LogP contribution in [0.3, 0.4) is 0 Å². The van der Waals surface area contributed by atoms with E-state index in [2.05, 4.69) is 10.3 Å². The summed E-state index contributed by atoms with van der Waals surface area (Å²) in [5.74, 6) is -0.0584. The van der Waals surface area contributed by atoms with Gasteiger partial charge in [-0.1, -0.05) is 6.92 Å². The van der Waals surface area contributed by atoms with E-state index < -0.39 is 11.4 Å². The smallest absolute Gasteiger partial charge is 0.317 e. The van der Waals surface area contributed by atoms with Crippen molar-refractivity contribution < 1.29 is 14.7 Å². The molecule has 1 fully saturated rings. The Labute approximate surface area is 117 Å². The third-order valence-electron chi connectivity index (χ3n) is 4.09. The summed E-state index contributed by atoms with van der Waals surface area (Å²) in [5, 5.41) is 12.1. The molecule has 1 saturated heterocycles. The zero-order valence-corrected chi connectivity index (χ0v) is 11.8. The maximum Gasteiger partial charge on any atom is 0.317 e. The Morgan fingerprint density at radius 2 is 2.30 bits per heavy atom. The number of nitrogens with one attached hydrogen (secondary N) is 1. The Morgan fingerprint density at radius 3 is 2.80 bits per heavy atom. The zero-order valence-electron chi connectivity index (χ0n) is 11.8. The fourth-order valence-electron chi connectivity index (χ4n) is 2.49. The van der Waals surface area contributed by atoms with Crippen LogP contribution in [-0.2, 0) is 18.4 Å². The van der Waals surface area contributed by atoms with Crippen molar-refractivity contribution in [3.63, 3.8) is 0 Å². The van der Waals surface area contributed by atoms with Gasteiger partial charge in [0.2, 0.25) is 0 Å². The summed E-state index contributed by atoms with van der Waals surface area (Å²) in [7, 11) is 1.86. The predicted molar refractivity (Wildman–Crippen MR) is 72.0 cm³/mol. The van der Waals surface area contributed by atoms with Gasteiger partial charge in [0.25, 0.3) is 0 Å². The first-order valence-corrected chi connectivity index (χ1v) is 6.71. The first-order valence-electron chi connectivity index (χ1n) is 6.71. The van der Waals surface area contributed by atoms with E-state index in [4.69, 9.17) is 0 Å². The van der Waals surface area contributed by atoms with Crippen LogP contribution in [-0.4, -0.2) is 44.6 Å². The van der Waals surface area contributed by atoms with E-state index in [1.807, 2.05) is 24.7 Å². The van der Waals surface area contributed by atoms with Gasteiger partial charge in [-0.25, -0.2) is 9.78 Å². The number of carbonyl (C=O) groups excluding carboxylic acids is 1. The Morgan fingerprint density at radius 1 is 1.55 bits per heavy atom. The maximum atomic E-state index is 12.1. The van der Waals surface area contributed by atoms with Gasteiger partial charge in [-0.2, -0.15) is 0 Å². The molecular weight excluding hydrogens is 260 g/mol. The molecule has 0 aromatic carbocycles. The number of carboxylic acid groups (broad SMARTS) is 1. The van der Waals surface area contributed by atoms with Gasteiger partial charge in [0.05, 0.1) is 12.0 Å². The molecule has 2 N–H and O–H groups in total. The number of nitrogens with zero attached hydrogens (tertiary/aromatic N) is 3. The number of likely N-dealkylation sites (tertiary alicyclic amines) is 1. The van der Waals surface area contributed by atoms with Crippen molar-refractivity contribution in [3.8, 4) is 0 Å². The molecule has 20 heavy (non-hydrogen) atoms. The van der Waals surface area contributed by atoms with Crippen molar-refractivity contribution in [2.45, 2.75) is 26.3 Å². The van der Waals surface area contributed by atoms with Gasteiger partial charge in [0.15, 0.2) is 0 Å². The average Bonchev–Trinajstić information content (AvgIpc) is 3.03. The molecule has 1 aromatic heterocycles. The van der Waals surface area contributed by atoms with Crippen molar-refractivity contribution in [2.75, 3.05) is 13.1 Å². The summed E-state index contributed by atoms with van der Waals surface area (Å²) in [4.78, 5) is 29.1. The molecule has 1 aromatic rings. The molecule has 1 unspecified atom stereocenters. The number of rotatable bonds is 4. The third-order valence-corrected chi connectivity index (χ3v) is 4.09. The quantitative estimate of drug-likeness (QED) is 0.854. The summed E-state index contributed by atoms with van der Waals surface area (Å²) in [6.45, 7) is 2.94. The van der Waals surface area contributed by atoms with Crippen LogP contribution in [0.15, 0.2) is 12.4 Å². The lowest BCUT2D eigenvalue weighted by Crippen LogP contribution is -2.41. The standard InChI is InChI=1S/C13H20N4O3/c1-3-13(11(18)19)4-6-17(9-13)12(20)15-8-10-14-5-7-16(10)2/h5,7H,3-4,6,8-9H2,1-2H3,(H,15,20)(H,18,19). The molecule has 1 aliphatic heterocycles. The fraction of sp³-hybridized carbons (Fsp3) is 0.615. The van der Waals surface area contributed by atoms with E-state index in [1.54, 1.807) is 11.1 Å². The number of carboxylic acids is 1. The van der Waals surface area contributed by atoms with E-state index in [0.29, 0.717) is 25.9 Å². The summed E-state index contributed by atoms with van der Waals surface area (Å²) < 4.78 is 1.83. The SMILES string of the molecule is CCC1(C(=O)O)CCN(C(=O)NCc2nccn2C)C1. The second-order valence-corrected chi connectivity index (χ2v) is 5.22. The monoisotopic (exact) mass is 280 g/mol. The van der Waals surface area contributed by atoms with Crippen LogP contribution in [0.2, 0.25) is 0 Å². The molecule has 2 rings (SSSR count). The molecule has 2 amide bonds. The maximum absolute atomic E-state index is 12.1. The number of aromatic nitrogens is 2. The molecule has 0 saturated carbocycles. The Kier molecular flexibility index (Phi) is 3.96. The van der Waals surface area contributed by atoms with Crippen LogP contribution in [0.25, 0.3) is 0 Å². The number of carbonyl (C=O) groups is 2. The lowest BCUT2D eigenvalue weighted by molar-refractivity contribution is -0.148. The normalized spacial score (nSPS) is 22.0. The fourth-order valence-corrected chi connectivity index (χ4v) is 2.49. The molecule has 0 radical (unpaired) electrons. The van der Waals surface area contributed by atoms with Gasteiger partial charge in [-0.05, 0) is 12.8 Å². The van der Waals surface area contributed by atoms with Gasteiger partial charge in [0.1, 0.15) is 5.82 Å². The van der Waals surface area contributed by atoms with E-state index in [9.17, 15) is 14.7 Å². The minimum absolute atomic E-state index is 0.232. The highest BCUT2D eigenvalue weighted by Gasteiger charge is 2.44. The summed E-state index contributed by atoms with van der Waals surface area (Å²) in [6, 6.07) is -0.232. The summed E-state index contributed by atoms with van der Waals surface area (Å²) >= 11 is 0. The Bertz CT molecular complexity index is 513. The lowest BCUT2D eigenvalue weighted by Gasteiger charge is -2.23. The number of hydrogen-bond acceptors (Lipinski definition) is 3. The van der Waals surface area contributed by atoms with E-state index in [1.165, 1.54) is 0 Å². The second kappa shape index (κ2) is 5.52. The molecule has 7 heteroatoms. The molecule has 0 spiro atoms. The summed E-state index contributed by atoms with van der Waals surface area (Å²) in [6.07, 6.45) is 4.52. The molecule has 1 atom stereocenters. The highest BCUT2D eigenvalue weighted by Crippen LogP contribution is 2.34.